The van der Waals surface area contributed by atoms with Crippen molar-refractivity contribution in [3.8, 4) is 0 Å². The van der Waals surface area contributed by atoms with Gasteiger partial charge in [0.15, 0.2) is 0 Å². The fourth-order valence-electron chi connectivity index (χ4n) is 3.50. The molecule has 0 bridgehead atoms. The lowest BCUT2D eigenvalue weighted by molar-refractivity contribution is -0.120. The topological polar surface area (TPSA) is 105 Å². The Morgan fingerprint density at radius 2 is 1.43 bits per heavy atom. The number of imide groups is 1. The van der Waals surface area contributed by atoms with Crippen molar-refractivity contribution >= 4 is 52.4 Å². The lowest BCUT2D eigenvalue weighted by atomic mass is 10.1. The third kappa shape index (κ3) is 4.78. The van der Waals surface area contributed by atoms with Crippen LogP contribution in [-0.4, -0.2) is 30.8 Å². The van der Waals surface area contributed by atoms with Gasteiger partial charge >= 0.3 is 5.97 Å². The monoisotopic (exact) mass is 489 g/mol. The Kier molecular flexibility index (Phi) is 6.66. The number of aryl methyl sites for hydroxylation is 1. The molecule has 0 fully saturated rings. The van der Waals surface area contributed by atoms with Gasteiger partial charge in [0.1, 0.15) is 10.7 Å². The Morgan fingerprint density at radius 1 is 0.829 bits per heavy atom. The minimum atomic E-state index is -0.609. The van der Waals surface area contributed by atoms with Gasteiger partial charge in [-0.2, -0.15) is 0 Å². The highest BCUT2D eigenvalue weighted by Crippen LogP contribution is 2.31. The third-order valence-corrected chi connectivity index (χ3v) is 5.71. The molecular formula is C26H20ClN3O5. The summed E-state index contributed by atoms with van der Waals surface area (Å²) in [7, 11) is 1.29. The van der Waals surface area contributed by atoms with Crippen LogP contribution < -0.4 is 15.5 Å². The van der Waals surface area contributed by atoms with Gasteiger partial charge in [0, 0.05) is 16.9 Å². The van der Waals surface area contributed by atoms with Crippen molar-refractivity contribution in [2.45, 2.75) is 6.92 Å². The van der Waals surface area contributed by atoms with Crippen LogP contribution in [0.25, 0.3) is 0 Å². The Hall–Kier alpha value is -4.43. The Bertz CT molecular complexity index is 1360. The van der Waals surface area contributed by atoms with E-state index >= 15 is 0 Å². The lowest BCUT2D eigenvalue weighted by Gasteiger charge is -2.17. The molecule has 1 heterocycles. The average Bonchev–Trinajstić information content (AvgIpc) is 3.07. The molecule has 0 atom stereocenters. The number of nitrogens with one attached hydrogen (secondary N) is 2. The quantitative estimate of drug-likeness (QED) is 0.391. The predicted molar refractivity (Wildman–Crippen MR) is 132 cm³/mol. The number of rotatable bonds is 6. The van der Waals surface area contributed by atoms with E-state index < -0.39 is 17.8 Å². The summed E-state index contributed by atoms with van der Waals surface area (Å²) in [4.78, 5) is 50.7. The molecule has 3 aromatic rings. The van der Waals surface area contributed by atoms with Crippen LogP contribution in [0.4, 0.5) is 17.1 Å². The number of hydrogen-bond acceptors (Lipinski definition) is 6. The van der Waals surface area contributed by atoms with Gasteiger partial charge in [-0.05, 0) is 67.1 Å². The number of esters is 1. The van der Waals surface area contributed by atoms with Gasteiger partial charge in [0.25, 0.3) is 17.7 Å². The molecule has 0 aromatic heterocycles. The van der Waals surface area contributed by atoms with Crippen LogP contribution in [0.2, 0.25) is 0 Å². The molecule has 3 amide bonds. The first kappa shape index (κ1) is 23.7. The summed E-state index contributed by atoms with van der Waals surface area (Å²) in [6, 6.07) is 19.6. The lowest BCUT2D eigenvalue weighted by Crippen LogP contribution is -2.32. The number of para-hydroxylation sites is 1. The van der Waals surface area contributed by atoms with E-state index in [0.717, 1.165) is 10.5 Å². The van der Waals surface area contributed by atoms with Crippen molar-refractivity contribution in [1.82, 2.24) is 0 Å². The molecule has 0 saturated carbocycles. The van der Waals surface area contributed by atoms with E-state index in [9.17, 15) is 19.2 Å². The van der Waals surface area contributed by atoms with Crippen molar-refractivity contribution in [2.75, 3.05) is 22.6 Å². The van der Waals surface area contributed by atoms with E-state index in [1.165, 1.54) is 7.11 Å². The summed E-state index contributed by atoms with van der Waals surface area (Å²) in [5.74, 6) is -2.00. The third-order valence-electron chi connectivity index (χ3n) is 5.36. The number of nitrogens with zero attached hydrogens (tertiary/aromatic N) is 1. The number of anilines is 3. The highest BCUT2D eigenvalue weighted by molar-refractivity contribution is 6.53. The number of carbonyl (C=O) groups excluding carboxylic acids is 4. The molecular weight excluding hydrogens is 470 g/mol. The van der Waals surface area contributed by atoms with Gasteiger partial charge in [-0.15, -0.1) is 0 Å². The van der Waals surface area contributed by atoms with E-state index in [-0.39, 0.29) is 16.6 Å². The Balaban J connectivity index is 1.45. The van der Waals surface area contributed by atoms with Gasteiger partial charge in [-0.25, -0.2) is 9.69 Å². The number of methoxy groups -OCH3 is 1. The van der Waals surface area contributed by atoms with E-state index in [0.29, 0.717) is 28.2 Å². The molecule has 0 aliphatic carbocycles. The second-order valence-corrected chi connectivity index (χ2v) is 8.02. The second kappa shape index (κ2) is 9.82. The van der Waals surface area contributed by atoms with Gasteiger partial charge in [0.05, 0.1) is 18.4 Å². The minimum Gasteiger partial charge on any atom is -0.465 e. The smallest absolute Gasteiger partial charge is 0.337 e. The maximum Gasteiger partial charge on any atom is 0.337 e. The van der Waals surface area contributed by atoms with Crippen molar-refractivity contribution in [1.29, 1.82) is 0 Å². The fourth-order valence-corrected chi connectivity index (χ4v) is 3.72. The van der Waals surface area contributed by atoms with E-state index in [1.807, 2.05) is 6.07 Å². The molecule has 2 N–H and O–H groups in total. The number of hydrogen-bond donors (Lipinski definition) is 2. The zero-order valence-corrected chi connectivity index (χ0v) is 19.6. The fraction of sp³-hybridized carbons (Fsp3) is 0.0769. The summed E-state index contributed by atoms with van der Waals surface area (Å²) in [6.45, 7) is 1.80. The molecule has 0 radical (unpaired) electrons. The maximum absolute atomic E-state index is 13.0. The van der Waals surface area contributed by atoms with Gasteiger partial charge in [-0.1, -0.05) is 29.8 Å². The standard InChI is InChI=1S/C26H20ClN3O5/c1-15-5-3-4-6-20(15)30-24(32)21(27)22(25(30)33)28-18-11-7-16(8-12-18)23(31)29-19-13-9-17(10-14-19)26(34)35-2/h3-14,28H,1-2H3,(H,29,31). The van der Waals surface area contributed by atoms with Gasteiger partial charge < -0.3 is 15.4 Å². The van der Waals surface area contributed by atoms with Crippen LogP contribution >= 0.6 is 11.6 Å². The van der Waals surface area contributed by atoms with Crippen LogP contribution in [0.1, 0.15) is 26.3 Å². The molecule has 1 aliphatic heterocycles. The Morgan fingerprint density at radius 3 is 2.06 bits per heavy atom. The second-order valence-electron chi connectivity index (χ2n) is 7.65. The molecule has 3 aromatic carbocycles. The largest absolute Gasteiger partial charge is 0.465 e. The molecule has 1 aliphatic rings. The predicted octanol–water partition coefficient (Wildman–Crippen LogP) is 4.47. The van der Waals surface area contributed by atoms with Crippen molar-refractivity contribution in [3.63, 3.8) is 0 Å². The van der Waals surface area contributed by atoms with E-state index in [2.05, 4.69) is 15.4 Å². The molecule has 4 rings (SSSR count). The van der Waals surface area contributed by atoms with Gasteiger partial charge in [0.2, 0.25) is 0 Å². The number of benzene rings is 3. The molecule has 176 valence electrons. The van der Waals surface area contributed by atoms with Gasteiger partial charge in [-0.3, -0.25) is 14.4 Å². The molecule has 35 heavy (non-hydrogen) atoms. The Labute approximate surface area is 206 Å². The summed E-state index contributed by atoms with van der Waals surface area (Å²) < 4.78 is 4.65. The van der Waals surface area contributed by atoms with E-state index in [1.54, 1.807) is 73.7 Å². The van der Waals surface area contributed by atoms with Crippen LogP contribution in [0.3, 0.4) is 0 Å². The normalized spacial score (nSPS) is 13.2. The van der Waals surface area contributed by atoms with Crippen molar-refractivity contribution in [2.24, 2.45) is 0 Å². The van der Waals surface area contributed by atoms with Crippen molar-refractivity contribution < 1.29 is 23.9 Å². The molecule has 0 spiro atoms. The molecule has 9 heteroatoms. The zero-order chi connectivity index (χ0) is 25.1. The van der Waals surface area contributed by atoms with Crippen LogP contribution in [-0.2, 0) is 14.3 Å². The molecule has 8 nitrogen and oxygen atoms in total. The number of amides is 3. The average molecular weight is 490 g/mol. The molecule has 0 saturated heterocycles. The van der Waals surface area contributed by atoms with Crippen LogP contribution in [0.15, 0.2) is 83.5 Å². The number of halogens is 1. The number of ether oxygens (including phenoxy) is 1. The summed E-state index contributed by atoms with van der Waals surface area (Å²) in [6.07, 6.45) is 0. The first-order chi connectivity index (χ1) is 16.8. The van der Waals surface area contributed by atoms with Crippen LogP contribution in [0.5, 0.6) is 0 Å². The molecule has 0 unspecified atom stereocenters. The highest BCUT2D eigenvalue weighted by Gasteiger charge is 2.39. The van der Waals surface area contributed by atoms with E-state index in [4.69, 9.17) is 11.6 Å². The zero-order valence-electron chi connectivity index (χ0n) is 18.8. The maximum atomic E-state index is 13.0. The SMILES string of the molecule is COC(=O)c1ccc(NC(=O)c2ccc(NC3=C(Cl)C(=O)N(c4ccccc4C)C3=O)cc2)cc1. The summed E-state index contributed by atoms with van der Waals surface area (Å²) in [5.41, 5.74) is 2.90. The summed E-state index contributed by atoms with van der Waals surface area (Å²) in [5, 5.41) is 5.41. The van der Waals surface area contributed by atoms with Crippen LogP contribution in [0, 0.1) is 6.92 Å². The van der Waals surface area contributed by atoms with Crippen molar-refractivity contribution in [3.05, 3.63) is 100 Å². The highest BCUT2D eigenvalue weighted by atomic mass is 35.5. The first-order valence-corrected chi connectivity index (χ1v) is 10.9. The summed E-state index contributed by atoms with van der Waals surface area (Å²) >= 11 is 6.19. The minimum absolute atomic E-state index is 0.0391. The number of carbonyl (C=O) groups is 4. The first-order valence-electron chi connectivity index (χ1n) is 10.5.